The van der Waals surface area contributed by atoms with E-state index < -0.39 is 0 Å². The SMILES string of the molecule is CC1=C(CCl)[C@@H]([C@H](C)COCc2ccccc2)CC1. The number of hydrogen-bond acceptors (Lipinski definition) is 1. The van der Waals surface area contributed by atoms with Crippen LogP contribution in [0, 0.1) is 11.8 Å². The summed E-state index contributed by atoms with van der Waals surface area (Å²) in [5.74, 6) is 1.85. The van der Waals surface area contributed by atoms with Crippen LogP contribution in [0.25, 0.3) is 0 Å². The zero-order chi connectivity index (χ0) is 13.7. The smallest absolute Gasteiger partial charge is 0.0717 e. The van der Waals surface area contributed by atoms with Crippen LogP contribution in [-0.4, -0.2) is 12.5 Å². The van der Waals surface area contributed by atoms with Crippen molar-refractivity contribution < 1.29 is 4.74 Å². The molecule has 0 saturated carbocycles. The number of benzene rings is 1. The molecule has 1 aromatic carbocycles. The second kappa shape index (κ2) is 7.12. The van der Waals surface area contributed by atoms with Crippen LogP contribution in [0.15, 0.2) is 41.5 Å². The van der Waals surface area contributed by atoms with Crippen LogP contribution in [0.4, 0.5) is 0 Å². The van der Waals surface area contributed by atoms with Crippen LogP contribution in [-0.2, 0) is 11.3 Å². The van der Waals surface area contributed by atoms with Gasteiger partial charge in [-0.2, -0.15) is 0 Å². The van der Waals surface area contributed by atoms with E-state index in [1.165, 1.54) is 29.6 Å². The van der Waals surface area contributed by atoms with E-state index in [0.29, 0.717) is 24.3 Å². The summed E-state index contributed by atoms with van der Waals surface area (Å²) in [5.41, 5.74) is 4.19. The molecule has 0 aliphatic heterocycles. The highest BCUT2D eigenvalue weighted by Crippen LogP contribution is 2.37. The van der Waals surface area contributed by atoms with Crippen molar-refractivity contribution in [2.75, 3.05) is 12.5 Å². The molecule has 0 aromatic heterocycles. The molecule has 0 radical (unpaired) electrons. The monoisotopic (exact) mass is 278 g/mol. The first-order chi connectivity index (χ1) is 9.22. The molecule has 0 bridgehead atoms. The average Bonchev–Trinajstić information content (AvgIpc) is 2.81. The van der Waals surface area contributed by atoms with Crippen molar-refractivity contribution >= 4 is 11.6 Å². The largest absolute Gasteiger partial charge is 0.376 e. The fourth-order valence-corrected chi connectivity index (χ4v) is 3.34. The molecule has 0 heterocycles. The summed E-state index contributed by atoms with van der Waals surface area (Å²) in [7, 11) is 0. The van der Waals surface area contributed by atoms with Crippen LogP contribution in [0.2, 0.25) is 0 Å². The van der Waals surface area contributed by atoms with E-state index in [4.69, 9.17) is 16.3 Å². The Kier molecular flexibility index (Phi) is 5.47. The highest BCUT2D eigenvalue weighted by Gasteiger charge is 2.27. The van der Waals surface area contributed by atoms with Gasteiger partial charge in [0.25, 0.3) is 0 Å². The molecule has 0 saturated heterocycles. The van der Waals surface area contributed by atoms with Gasteiger partial charge < -0.3 is 4.74 Å². The molecule has 2 heteroatoms. The Morgan fingerprint density at radius 2 is 2.05 bits per heavy atom. The lowest BCUT2D eigenvalue weighted by molar-refractivity contribution is 0.0780. The molecule has 0 N–H and O–H groups in total. The molecule has 1 aromatic rings. The summed E-state index contributed by atoms with van der Waals surface area (Å²) in [5, 5.41) is 0. The van der Waals surface area contributed by atoms with Crippen molar-refractivity contribution in [3.8, 4) is 0 Å². The molecule has 2 rings (SSSR count). The van der Waals surface area contributed by atoms with Gasteiger partial charge in [-0.05, 0) is 37.2 Å². The predicted octanol–water partition coefficient (Wildman–Crippen LogP) is 4.80. The standard InChI is InChI=1S/C17H23ClO/c1-13-8-9-16(17(13)10-18)14(2)11-19-12-15-6-4-3-5-7-15/h3-7,14,16H,8-12H2,1-2H3/t14-,16-/m1/s1. The minimum atomic E-state index is 0.551. The van der Waals surface area contributed by atoms with Gasteiger partial charge in [0.05, 0.1) is 13.2 Å². The lowest BCUT2D eigenvalue weighted by Gasteiger charge is -2.22. The summed E-state index contributed by atoms with van der Waals surface area (Å²) >= 11 is 6.07. The Bertz CT molecular complexity index is 424. The first-order valence-corrected chi connectivity index (χ1v) is 7.62. The number of hydrogen-bond donors (Lipinski definition) is 0. The first kappa shape index (κ1) is 14.6. The minimum Gasteiger partial charge on any atom is -0.376 e. The Morgan fingerprint density at radius 1 is 1.32 bits per heavy atom. The van der Waals surface area contributed by atoms with Crippen LogP contribution in [0.5, 0.6) is 0 Å². The lowest BCUT2D eigenvalue weighted by atomic mass is 9.89. The van der Waals surface area contributed by atoms with Crippen molar-refractivity contribution in [1.29, 1.82) is 0 Å². The van der Waals surface area contributed by atoms with E-state index >= 15 is 0 Å². The second-order valence-electron chi connectivity index (χ2n) is 5.56. The van der Waals surface area contributed by atoms with Crippen molar-refractivity contribution in [2.24, 2.45) is 11.8 Å². The third-order valence-corrected chi connectivity index (χ3v) is 4.44. The van der Waals surface area contributed by atoms with Crippen molar-refractivity contribution in [3.05, 3.63) is 47.0 Å². The van der Waals surface area contributed by atoms with E-state index in [9.17, 15) is 0 Å². The number of halogens is 1. The first-order valence-electron chi connectivity index (χ1n) is 7.08. The van der Waals surface area contributed by atoms with Gasteiger partial charge in [-0.3, -0.25) is 0 Å². The number of rotatable bonds is 6. The second-order valence-corrected chi connectivity index (χ2v) is 5.83. The third kappa shape index (κ3) is 3.84. The van der Waals surface area contributed by atoms with Gasteiger partial charge in [-0.25, -0.2) is 0 Å². The molecule has 0 unspecified atom stereocenters. The molecule has 0 fully saturated rings. The predicted molar refractivity (Wildman–Crippen MR) is 81.4 cm³/mol. The molecule has 1 aliphatic rings. The maximum atomic E-state index is 6.07. The molecular weight excluding hydrogens is 256 g/mol. The Labute approximate surface area is 121 Å². The van der Waals surface area contributed by atoms with E-state index in [1.54, 1.807) is 0 Å². The van der Waals surface area contributed by atoms with Crippen molar-refractivity contribution in [1.82, 2.24) is 0 Å². The Balaban J connectivity index is 1.80. The molecule has 0 spiro atoms. The van der Waals surface area contributed by atoms with Gasteiger partial charge in [-0.1, -0.05) is 48.4 Å². The maximum absolute atomic E-state index is 6.07. The summed E-state index contributed by atoms with van der Waals surface area (Å²) in [6.07, 6.45) is 2.44. The molecule has 19 heavy (non-hydrogen) atoms. The highest BCUT2D eigenvalue weighted by atomic mass is 35.5. The van der Waals surface area contributed by atoms with Gasteiger partial charge in [0.2, 0.25) is 0 Å². The third-order valence-electron chi connectivity index (χ3n) is 4.15. The average molecular weight is 279 g/mol. The van der Waals surface area contributed by atoms with Crippen molar-refractivity contribution in [3.63, 3.8) is 0 Å². The maximum Gasteiger partial charge on any atom is 0.0717 e. The quantitative estimate of drug-likeness (QED) is 0.536. The fourth-order valence-electron chi connectivity index (χ4n) is 2.92. The zero-order valence-electron chi connectivity index (χ0n) is 11.9. The van der Waals surface area contributed by atoms with Crippen LogP contribution < -0.4 is 0 Å². The minimum absolute atomic E-state index is 0.551. The zero-order valence-corrected chi connectivity index (χ0v) is 12.6. The normalized spacial score (nSPS) is 20.9. The fraction of sp³-hybridized carbons (Fsp3) is 0.529. The molecule has 1 aliphatic carbocycles. The summed E-state index contributed by atoms with van der Waals surface area (Å²) < 4.78 is 5.86. The van der Waals surface area contributed by atoms with Crippen LogP contribution in [0.1, 0.15) is 32.3 Å². The number of ether oxygens (including phenoxy) is 1. The van der Waals surface area contributed by atoms with E-state index in [-0.39, 0.29) is 0 Å². The molecular formula is C17H23ClO. The number of allylic oxidation sites excluding steroid dienone is 2. The van der Waals surface area contributed by atoms with E-state index in [0.717, 1.165) is 6.61 Å². The summed E-state index contributed by atoms with van der Waals surface area (Å²) in [6, 6.07) is 10.3. The van der Waals surface area contributed by atoms with Gasteiger partial charge in [-0.15, -0.1) is 11.6 Å². The van der Waals surface area contributed by atoms with Gasteiger partial charge in [0.1, 0.15) is 0 Å². The lowest BCUT2D eigenvalue weighted by Crippen LogP contribution is -2.18. The summed E-state index contributed by atoms with van der Waals surface area (Å²) in [6.45, 7) is 6.01. The van der Waals surface area contributed by atoms with Gasteiger partial charge >= 0.3 is 0 Å². The number of alkyl halides is 1. The van der Waals surface area contributed by atoms with E-state index in [1.807, 2.05) is 6.07 Å². The van der Waals surface area contributed by atoms with E-state index in [2.05, 4.69) is 38.1 Å². The van der Waals surface area contributed by atoms with Crippen LogP contribution >= 0.6 is 11.6 Å². The molecule has 2 atom stereocenters. The van der Waals surface area contributed by atoms with Crippen molar-refractivity contribution in [2.45, 2.75) is 33.3 Å². The Hall–Kier alpha value is -0.790. The molecule has 1 nitrogen and oxygen atoms in total. The molecule has 104 valence electrons. The Morgan fingerprint density at radius 3 is 2.74 bits per heavy atom. The molecule has 0 amide bonds. The highest BCUT2D eigenvalue weighted by molar-refractivity contribution is 6.19. The van der Waals surface area contributed by atoms with Gasteiger partial charge in [0, 0.05) is 5.88 Å². The van der Waals surface area contributed by atoms with Gasteiger partial charge in [0.15, 0.2) is 0 Å². The topological polar surface area (TPSA) is 9.23 Å². The summed E-state index contributed by atoms with van der Waals surface area (Å²) in [4.78, 5) is 0. The van der Waals surface area contributed by atoms with Crippen LogP contribution in [0.3, 0.4) is 0 Å².